The molecular formula is C14H22N2O3S. The molecule has 1 saturated carbocycles. The Kier molecular flexibility index (Phi) is 4.36. The van der Waals surface area contributed by atoms with Gasteiger partial charge in [0.25, 0.3) is 0 Å². The minimum atomic E-state index is -3.45. The zero-order valence-corrected chi connectivity index (χ0v) is 13.0. The van der Waals surface area contributed by atoms with Gasteiger partial charge in [-0.1, -0.05) is 6.92 Å². The number of rotatable bonds is 7. The number of benzene rings is 1. The van der Waals surface area contributed by atoms with Gasteiger partial charge in [-0.25, -0.2) is 13.1 Å². The van der Waals surface area contributed by atoms with Crippen LogP contribution in [0.25, 0.3) is 0 Å². The first-order chi connectivity index (χ1) is 9.40. The lowest BCUT2D eigenvalue weighted by Gasteiger charge is -2.13. The predicted octanol–water partition coefficient (Wildman–Crippen LogP) is 1.49. The van der Waals surface area contributed by atoms with Gasteiger partial charge in [-0.2, -0.15) is 0 Å². The van der Waals surface area contributed by atoms with Gasteiger partial charge in [0, 0.05) is 18.7 Å². The third-order valence-electron chi connectivity index (χ3n) is 3.72. The van der Waals surface area contributed by atoms with Gasteiger partial charge >= 0.3 is 0 Å². The lowest BCUT2D eigenvalue weighted by atomic mass is 10.2. The molecule has 0 aromatic heterocycles. The van der Waals surface area contributed by atoms with E-state index in [4.69, 9.17) is 4.74 Å². The van der Waals surface area contributed by atoms with E-state index in [1.807, 2.05) is 7.05 Å². The van der Waals surface area contributed by atoms with E-state index < -0.39 is 10.0 Å². The maximum absolute atomic E-state index is 12.3. The van der Waals surface area contributed by atoms with Crippen LogP contribution < -0.4 is 14.8 Å². The van der Waals surface area contributed by atoms with E-state index in [-0.39, 0.29) is 10.3 Å². The van der Waals surface area contributed by atoms with Crippen molar-refractivity contribution in [3.05, 3.63) is 23.8 Å². The molecule has 0 aliphatic heterocycles. The summed E-state index contributed by atoms with van der Waals surface area (Å²) < 4.78 is 32.5. The average molecular weight is 298 g/mol. The molecule has 0 radical (unpaired) electrons. The van der Waals surface area contributed by atoms with Crippen molar-refractivity contribution in [1.82, 2.24) is 10.0 Å². The second-order valence-corrected chi connectivity index (χ2v) is 7.41. The second-order valence-electron chi connectivity index (χ2n) is 5.64. The van der Waals surface area contributed by atoms with E-state index in [0.29, 0.717) is 18.8 Å². The number of methoxy groups -OCH3 is 1. The minimum absolute atomic E-state index is 0.146. The van der Waals surface area contributed by atoms with Gasteiger partial charge < -0.3 is 10.1 Å². The molecular weight excluding hydrogens is 276 g/mol. The molecule has 1 aromatic rings. The van der Waals surface area contributed by atoms with Crippen molar-refractivity contribution in [2.24, 2.45) is 5.41 Å². The van der Waals surface area contributed by atoms with Crippen molar-refractivity contribution in [3.8, 4) is 5.75 Å². The molecule has 2 N–H and O–H groups in total. The number of hydrogen-bond acceptors (Lipinski definition) is 4. The third-order valence-corrected chi connectivity index (χ3v) is 5.12. The molecule has 0 unspecified atom stereocenters. The Morgan fingerprint density at radius 2 is 2.05 bits per heavy atom. The Labute approximate surface area is 120 Å². The molecule has 0 atom stereocenters. The fraction of sp³-hybridized carbons (Fsp3) is 0.571. The highest BCUT2D eigenvalue weighted by Gasteiger charge is 2.38. The minimum Gasteiger partial charge on any atom is -0.496 e. The fourth-order valence-corrected chi connectivity index (χ4v) is 3.24. The van der Waals surface area contributed by atoms with Crippen molar-refractivity contribution in [1.29, 1.82) is 0 Å². The van der Waals surface area contributed by atoms with Crippen molar-refractivity contribution < 1.29 is 13.2 Å². The SMILES string of the molecule is CNCc1cc(S(=O)(=O)NCC2(C)CC2)ccc1OC. The van der Waals surface area contributed by atoms with Crippen molar-refractivity contribution in [3.63, 3.8) is 0 Å². The van der Waals surface area contributed by atoms with E-state index in [1.165, 1.54) is 0 Å². The summed E-state index contributed by atoms with van der Waals surface area (Å²) in [6, 6.07) is 4.93. The van der Waals surface area contributed by atoms with Gasteiger partial charge in [-0.05, 0) is 43.5 Å². The summed E-state index contributed by atoms with van der Waals surface area (Å²) in [7, 11) is -0.0621. The highest BCUT2D eigenvalue weighted by molar-refractivity contribution is 7.89. The number of hydrogen-bond donors (Lipinski definition) is 2. The molecule has 1 aliphatic rings. The Morgan fingerprint density at radius 3 is 2.60 bits per heavy atom. The maximum atomic E-state index is 12.3. The fourth-order valence-electron chi connectivity index (χ4n) is 1.99. The highest BCUT2D eigenvalue weighted by atomic mass is 32.2. The van der Waals surface area contributed by atoms with Crippen LogP contribution in [0.4, 0.5) is 0 Å². The molecule has 20 heavy (non-hydrogen) atoms. The summed E-state index contributed by atoms with van der Waals surface area (Å²) in [5.41, 5.74) is 0.975. The van der Waals surface area contributed by atoms with Crippen molar-refractivity contribution in [2.75, 3.05) is 20.7 Å². The molecule has 0 heterocycles. The van der Waals surface area contributed by atoms with E-state index in [2.05, 4.69) is 17.0 Å². The standard InChI is InChI=1S/C14H22N2O3S/c1-14(6-7-14)10-16-20(17,18)12-4-5-13(19-3)11(8-12)9-15-2/h4-5,8,15-16H,6-7,9-10H2,1-3H3. The van der Waals surface area contributed by atoms with Gasteiger partial charge in [-0.15, -0.1) is 0 Å². The van der Waals surface area contributed by atoms with E-state index >= 15 is 0 Å². The summed E-state index contributed by atoms with van der Waals surface area (Å²) in [6.45, 7) is 3.16. The van der Waals surface area contributed by atoms with Crippen molar-refractivity contribution in [2.45, 2.75) is 31.2 Å². The third kappa shape index (κ3) is 3.50. The Balaban J connectivity index is 2.19. The van der Waals surface area contributed by atoms with Gasteiger partial charge in [0.15, 0.2) is 0 Å². The molecule has 1 aromatic carbocycles. The normalized spacial score (nSPS) is 16.9. The number of nitrogens with one attached hydrogen (secondary N) is 2. The molecule has 0 bridgehead atoms. The molecule has 1 fully saturated rings. The molecule has 1 aliphatic carbocycles. The van der Waals surface area contributed by atoms with Crippen LogP contribution in [0.5, 0.6) is 5.75 Å². The molecule has 112 valence electrons. The monoisotopic (exact) mass is 298 g/mol. The van der Waals surface area contributed by atoms with Crippen LogP contribution in [-0.4, -0.2) is 29.1 Å². The van der Waals surface area contributed by atoms with Crippen LogP contribution in [-0.2, 0) is 16.6 Å². The lowest BCUT2D eigenvalue weighted by molar-refractivity contribution is 0.408. The summed E-state index contributed by atoms with van der Waals surface area (Å²) in [5, 5.41) is 3.01. The van der Waals surface area contributed by atoms with Gasteiger partial charge in [0.2, 0.25) is 10.0 Å². The molecule has 0 spiro atoms. The molecule has 0 amide bonds. The van der Waals surface area contributed by atoms with Gasteiger partial charge in [0.1, 0.15) is 5.75 Å². The first kappa shape index (κ1) is 15.3. The molecule has 6 heteroatoms. The van der Waals surface area contributed by atoms with Crippen LogP contribution in [0.15, 0.2) is 23.1 Å². The molecule has 2 rings (SSSR count). The van der Waals surface area contributed by atoms with Crippen LogP contribution in [0.2, 0.25) is 0 Å². The van der Waals surface area contributed by atoms with E-state index in [0.717, 1.165) is 18.4 Å². The molecule has 5 nitrogen and oxygen atoms in total. The second kappa shape index (κ2) is 5.71. The predicted molar refractivity (Wildman–Crippen MR) is 78.3 cm³/mol. The van der Waals surface area contributed by atoms with Gasteiger partial charge in [-0.3, -0.25) is 0 Å². The van der Waals surface area contributed by atoms with Crippen molar-refractivity contribution >= 4 is 10.0 Å². The smallest absolute Gasteiger partial charge is 0.240 e. The highest BCUT2D eigenvalue weighted by Crippen LogP contribution is 2.44. The zero-order chi connectivity index (χ0) is 14.8. The van der Waals surface area contributed by atoms with Crippen LogP contribution in [0.1, 0.15) is 25.3 Å². The summed E-state index contributed by atoms with van der Waals surface area (Å²) in [5.74, 6) is 0.687. The zero-order valence-electron chi connectivity index (χ0n) is 12.2. The molecule has 0 saturated heterocycles. The van der Waals surface area contributed by atoms with E-state index in [1.54, 1.807) is 25.3 Å². The quantitative estimate of drug-likeness (QED) is 0.800. The van der Waals surface area contributed by atoms with E-state index in [9.17, 15) is 8.42 Å². The average Bonchev–Trinajstić information content (AvgIpc) is 3.16. The van der Waals surface area contributed by atoms with Crippen LogP contribution in [0.3, 0.4) is 0 Å². The van der Waals surface area contributed by atoms with Crippen LogP contribution >= 0.6 is 0 Å². The Hall–Kier alpha value is -1.11. The largest absolute Gasteiger partial charge is 0.496 e. The Bertz CT molecular complexity index is 580. The first-order valence-corrected chi connectivity index (χ1v) is 8.20. The Morgan fingerprint density at radius 1 is 1.35 bits per heavy atom. The van der Waals surface area contributed by atoms with Gasteiger partial charge in [0.05, 0.1) is 12.0 Å². The lowest BCUT2D eigenvalue weighted by Crippen LogP contribution is -2.29. The summed E-state index contributed by atoms with van der Waals surface area (Å²) in [4.78, 5) is 0.285. The topological polar surface area (TPSA) is 67.4 Å². The first-order valence-electron chi connectivity index (χ1n) is 6.71. The number of sulfonamides is 1. The maximum Gasteiger partial charge on any atom is 0.240 e. The summed E-state index contributed by atoms with van der Waals surface area (Å²) in [6.07, 6.45) is 2.17. The summed E-state index contributed by atoms with van der Waals surface area (Å²) >= 11 is 0. The van der Waals surface area contributed by atoms with Crippen LogP contribution in [0, 0.1) is 5.41 Å². The number of ether oxygens (including phenoxy) is 1.